The molecule has 25 heavy (non-hydrogen) atoms. The SMILES string of the molecule is CCOC(=O)C=Cc1cn(Cc2ccccc2)nc1-c1cccnc1. The molecule has 5 nitrogen and oxygen atoms in total. The zero-order chi connectivity index (χ0) is 17.5. The monoisotopic (exact) mass is 333 g/mol. The normalized spacial score (nSPS) is 10.9. The Morgan fingerprint density at radius 2 is 2.04 bits per heavy atom. The molecular weight excluding hydrogens is 314 g/mol. The molecule has 0 amide bonds. The molecule has 0 radical (unpaired) electrons. The molecule has 0 N–H and O–H groups in total. The van der Waals surface area contributed by atoms with Gasteiger partial charge in [0, 0.05) is 35.8 Å². The third-order valence-electron chi connectivity index (χ3n) is 3.60. The highest BCUT2D eigenvalue weighted by molar-refractivity contribution is 5.88. The largest absolute Gasteiger partial charge is 0.463 e. The number of benzene rings is 1. The standard InChI is InChI=1S/C20H19N3O2/c1-2-25-19(24)11-10-18-15-23(14-16-7-4-3-5-8-16)22-20(18)17-9-6-12-21-13-17/h3-13,15H,2,14H2,1H3. The highest BCUT2D eigenvalue weighted by Gasteiger charge is 2.10. The molecular formula is C20H19N3O2. The van der Waals surface area contributed by atoms with Crippen LogP contribution in [0, 0.1) is 0 Å². The smallest absolute Gasteiger partial charge is 0.330 e. The van der Waals surface area contributed by atoms with Crippen LogP contribution < -0.4 is 0 Å². The molecule has 3 rings (SSSR count). The molecule has 2 aromatic heterocycles. The zero-order valence-corrected chi connectivity index (χ0v) is 14.0. The molecule has 0 fully saturated rings. The number of aromatic nitrogens is 3. The number of ether oxygens (including phenoxy) is 1. The van der Waals surface area contributed by atoms with Gasteiger partial charge in [0.1, 0.15) is 5.69 Å². The van der Waals surface area contributed by atoms with Crippen LogP contribution in [0.1, 0.15) is 18.1 Å². The third kappa shape index (κ3) is 4.41. The first kappa shape index (κ1) is 16.6. The van der Waals surface area contributed by atoms with Crippen molar-refractivity contribution >= 4 is 12.0 Å². The van der Waals surface area contributed by atoms with E-state index in [0.717, 1.165) is 22.4 Å². The fraction of sp³-hybridized carbons (Fsp3) is 0.150. The van der Waals surface area contributed by atoms with Crippen LogP contribution in [-0.2, 0) is 16.1 Å². The molecule has 0 aliphatic heterocycles. The number of nitrogens with zero attached hydrogens (tertiary/aromatic N) is 3. The summed E-state index contributed by atoms with van der Waals surface area (Å²) in [6, 6.07) is 13.9. The maximum atomic E-state index is 11.6. The molecule has 0 unspecified atom stereocenters. The fourth-order valence-corrected chi connectivity index (χ4v) is 2.49. The topological polar surface area (TPSA) is 57.0 Å². The van der Waals surface area contributed by atoms with E-state index in [1.807, 2.05) is 41.2 Å². The van der Waals surface area contributed by atoms with E-state index in [-0.39, 0.29) is 5.97 Å². The van der Waals surface area contributed by atoms with Crippen LogP contribution in [-0.4, -0.2) is 27.3 Å². The second-order valence-electron chi connectivity index (χ2n) is 5.44. The van der Waals surface area contributed by atoms with Gasteiger partial charge in [-0.15, -0.1) is 0 Å². The van der Waals surface area contributed by atoms with E-state index < -0.39 is 0 Å². The molecule has 0 atom stereocenters. The molecule has 2 heterocycles. The summed E-state index contributed by atoms with van der Waals surface area (Å²) in [4.78, 5) is 15.8. The first-order valence-electron chi connectivity index (χ1n) is 8.13. The van der Waals surface area contributed by atoms with E-state index in [2.05, 4.69) is 22.2 Å². The Morgan fingerprint density at radius 1 is 1.20 bits per heavy atom. The zero-order valence-electron chi connectivity index (χ0n) is 14.0. The van der Waals surface area contributed by atoms with Crippen LogP contribution in [0.3, 0.4) is 0 Å². The van der Waals surface area contributed by atoms with Crippen molar-refractivity contribution in [2.24, 2.45) is 0 Å². The number of hydrogen-bond donors (Lipinski definition) is 0. The summed E-state index contributed by atoms with van der Waals surface area (Å²) in [5.41, 5.74) is 3.68. The van der Waals surface area contributed by atoms with Gasteiger partial charge in [-0.1, -0.05) is 30.3 Å². The number of carbonyl (C=O) groups is 1. The summed E-state index contributed by atoms with van der Waals surface area (Å²) >= 11 is 0. The van der Waals surface area contributed by atoms with Crippen LogP contribution in [0.5, 0.6) is 0 Å². The second kappa shape index (κ2) is 8.06. The molecule has 126 valence electrons. The van der Waals surface area contributed by atoms with Crippen molar-refractivity contribution in [3.63, 3.8) is 0 Å². The Labute approximate surface area is 146 Å². The van der Waals surface area contributed by atoms with Crippen LogP contribution in [0.4, 0.5) is 0 Å². The molecule has 5 heteroatoms. The van der Waals surface area contributed by atoms with Gasteiger partial charge in [-0.25, -0.2) is 4.79 Å². The van der Waals surface area contributed by atoms with Gasteiger partial charge in [-0.3, -0.25) is 9.67 Å². The first-order valence-corrected chi connectivity index (χ1v) is 8.13. The molecule has 0 spiro atoms. The third-order valence-corrected chi connectivity index (χ3v) is 3.60. The average Bonchev–Trinajstić information content (AvgIpc) is 3.04. The van der Waals surface area contributed by atoms with Crippen molar-refractivity contribution < 1.29 is 9.53 Å². The molecule has 0 saturated heterocycles. The minimum atomic E-state index is -0.365. The van der Waals surface area contributed by atoms with Crippen molar-refractivity contribution in [2.75, 3.05) is 6.61 Å². The summed E-state index contributed by atoms with van der Waals surface area (Å²) in [6.07, 6.45) is 8.56. The molecule has 0 saturated carbocycles. The van der Waals surface area contributed by atoms with E-state index in [4.69, 9.17) is 4.74 Å². The highest BCUT2D eigenvalue weighted by Crippen LogP contribution is 2.23. The maximum Gasteiger partial charge on any atom is 0.330 e. The van der Waals surface area contributed by atoms with E-state index in [1.165, 1.54) is 6.08 Å². The molecule has 1 aromatic carbocycles. The van der Waals surface area contributed by atoms with Crippen molar-refractivity contribution in [1.82, 2.24) is 14.8 Å². The maximum absolute atomic E-state index is 11.6. The molecule has 0 bridgehead atoms. The van der Waals surface area contributed by atoms with Gasteiger partial charge >= 0.3 is 5.97 Å². The van der Waals surface area contributed by atoms with Gasteiger partial charge in [0.05, 0.1) is 13.2 Å². The van der Waals surface area contributed by atoms with E-state index in [9.17, 15) is 4.79 Å². The molecule has 0 aliphatic rings. The van der Waals surface area contributed by atoms with E-state index >= 15 is 0 Å². The predicted octanol–water partition coefficient (Wildman–Crippen LogP) is 3.57. The van der Waals surface area contributed by atoms with E-state index in [0.29, 0.717) is 13.2 Å². The van der Waals surface area contributed by atoms with Gasteiger partial charge in [0.15, 0.2) is 0 Å². The number of pyridine rings is 1. The van der Waals surface area contributed by atoms with Crippen molar-refractivity contribution in [2.45, 2.75) is 13.5 Å². The summed E-state index contributed by atoms with van der Waals surface area (Å²) < 4.78 is 6.81. The van der Waals surface area contributed by atoms with Gasteiger partial charge < -0.3 is 4.74 Å². The molecule has 0 aliphatic carbocycles. The summed E-state index contributed by atoms with van der Waals surface area (Å²) in [7, 11) is 0. The van der Waals surface area contributed by atoms with Crippen molar-refractivity contribution in [1.29, 1.82) is 0 Å². The van der Waals surface area contributed by atoms with Crippen LogP contribution in [0.2, 0.25) is 0 Å². The number of carbonyl (C=O) groups excluding carboxylic acids is 1. The minimum Gasteiger partial charge on any atom is -0.463 e. The first-order chi connectivity index (χ1) is 12.3. The second-order valence-corrected chi connectivity index (χ2v) is 5.44. The van der Waals surface area contributed by atoms with Crippen molar-refractivity contribution in [3.8, 4) is 11.3 Å². The van der Waals surface area contributed by atoms with Gasteiger partial charge in [-0.05, 0) is 30.7 Å². The van der Waals surface area contributed by atoms with E-state index in [1.54, 1.807) is 25.4 Å². The minimum absolute atomic E-state index is 0.353. The predicted molar refractivity (Wildman–Crippen MR) is 96.7 cm³/mol. The summed E-state index contributed by atoms with van der Waals surface area (Å²) in [5.74, 6) is -0.365. The number of rotatable bonds is 6. The highest BCUT2D eigenvalue weighted by atomic mass is 16.5. The molecule has 3 aromatic rings. The quantitative estimate of drug-likeness (QED) is 0.511. The van der Waals surface area contributed by atoms with Crippen LogP contribution in [0.15, 0.2) is 67.1 Å². The summed E-state index contributed by atoms with van der Waals surface area (Å²) in [6.45, 7) is 2.79. The Hall–Kier alpha value is -3.21. The lowest BCUT2D eigenvalue weighted by atomic mass is 10.1. The van der Waals surface area contributed by atoms with Crippen LogP contribution >= 0.6 is 0 Å². The lowest BCUT2D eigenvalue weighted by Crippen LogP contribution is -2.00. The Morgan fingerprint density at radius 3 is 2.76 bits per heavy atom. The Kier molecular flexibility index (Phi) is 5.36. The number of hydrogen-bond acceptors (Lipinski definition) is 4. The van der Waals surface area contributed by atoms with Crippen LogP contribution in [0.25, 0.3) is 17.3 Å². The fourth-order valence-electron chi connectivity index (χ4n) is 2.49. The van der Waals surface area contributed by atoms with Gasteiger partial charge in [0.2, 0.25) is 0 Å². The lowest BCUT2D eigenvalue weighted by molar-refractivity contribution is -0.137. The number of esters is 1. The lowest BCUT2D eigenvalue weighted by Gasteiger charge is -2.01. The van der Waals surface area contributed by atoms with Crippen molar-refractivity contribution in [3.05, 3.63) is 78.3 Å². The Balaban J connectivity index is 1.92. The average molecular weight is 333 g/mol. The van der Waals surface area contributed by atoms with Gasteiger partial charge in [-0.2, -0.15) is 5.10 Å². The summed E-state index contributed by atoms with van der Waals surface area (Å²) in [5, 5.41) is 4.67. The van der Waals surface area contributed by atoms with Gasteiger partial charge in [0.25, 0.3) is 0 Å². The Bertz CT molecular complexity index is 855.